The van der Waals surface area contributed by atoms with E-state index in [0.717, 1.165) is 29.7 Å². The molecule has 1 aromatic heterocycles. The van der Waals surface area contributed by atoms with Crippen LogP contribution in [0.4, 0.5) is 5.69 Å². The fourth-order valence-corrected chi connectivity index (χ4v) is 3.43. The number of benzene rings is 2. The maximum absolute atomic E-state index is 12.5. The molecule has 1 aliphatic heterocycles. The van der Waals surface area contributed by atoms with Gasteiger partial charge in [0, 0.05) is 29.2 Å². The van der Waals surface area contributed by atoms with Crippen LogP contribution in [0.15, 0.2) is 42.5 Å². The first-order valence-corrected chi connectivity index (χ1v) is 9.25. The van der Waals surface area contributed by atoms with Crippen LogP contribution < -0.4 is 10.2 Å². The number of aromatic nitrogens is 2. The number of hydrogen-bond acceptors (Lipinski definition) is 3. The minimum Gasteiger partial charge on any atom is -0.342 e. The largest absolute Gasteiger partial charge is 0.342 e. The van der Waals surface area contributed by atoms with Gasteiger partial charge in [-0.25, -0.2) is 4.98 Å². The molecule has 0 unspecified atom stereocenters. The first-order chi connectivity index (χ1) is 13.0. The summed E-state index contributed by atoms with van der Waals surface area (Å²) in [6.45, 7) is 2.60. The van der Waals surface area contributed by atoms with Crippen molar-refractivity contribution in [2.24, 2.45) is 0 Å². The Balaban J connectivity index is 1.46. The number of imidazole rings is 1. The number of anilines is 1. The second kappa shape index (κ2) is 7.04. The average molecular weight is 383 g/mol. The van der Waals surface area contributed by atoms with Crippen LogP contribution in [0.2, 0.25) is 5.02 Å². The van der Waals surface area contributed by atoms with Gasteiger partial charge in [-0.15, -0.1) is 0 Å². The van der Waals surface area contributed by atoms with Gasteiger partial charge < -0.3 is 15.2 Å². The van der Waals surface area contributed by atoms with Gasteiger partial charge in [0.2, 0.25) is 5.91 Å². The fraction of sp³-hybridized carbons (Fsp3) is 0.250. The number of carbonyl (C=O) groups is 2. The number of nitrogens with zero attached hydrogens (tertiary/aromatic N) is 2. The number of hydrogen-bond donors (Lipinski definition) is 2. The molecule has 7 heteroatoms. The van der Waals surface area contributed by atoms with E-state index in [1.807, 2.05) is 25.1 Å². The quantitative estimate of drug-likeness (QED) is 0.719. The summed E-state index contributed by atoms with van der Waals surface area (Å²) in [5.41, 5.74) is 3.00. The zero-order chi connectivity index (χ0) is 19.0. The molecule has 0 bridgehead atoms. The smallest absolute Gasteiger partial charge is 0.251 e. The third kappa shape index (κ3) is 3.53. The van der Waals surface area contributed by atoms with Crippen molar-refractivity contribution in [2.75, 3.05) is 11.4 Å². The van der Waals surface area contributed by atoms with Crippen molar-refractivity contribution in [3.63, 3.8) is 0 Å². The Kier molecular flexibility index (Phi) is 4.58. The third-order valence-electron chi connectivity index (χ3n) is 4.74. The van der Waals surface area contributed by atoms with Gasteiger partial charge in [-0.1, -0.05) is 11.6 Å². The summed E-state index contributed by atoms with van der Waals surface area (Å²) in [7, 11) is 0. The Morgan fingerprint density at radius 1 is 1.26 bits per heavy atom. The van der Waals surface area contributed by atoms with Crippen molar-refractivity contribution in [1.82, 2.24) is 15.3 Å². The third-order valence-corrected chi connectivity index (χ3v) is 4.97. The molecule has 3 aromatic rings. The Hall–Kier alpha value is -2.86. The van der Waals surface area contributed by atoms with Crippen LogP contribution in [0.5, 0.6) is 0 Å². The molecule has 2 amide bonds. The van der Waals surface area contributed by atoms with Crippen LogP contribution in [0.25, 0.3) is 11.0 Å². The van der Waals surface area contributed by atoms with E-state index in [0.29, 0.717) is 22.8 Å². The molecule has 1 atom stereocenters. The number of rotatable bonds is 4. The minimum absolute atomic E-state index is 0.130. The lowest BCUT2D eigenvalue weighted by Gasteiger charge is -2.16. The summed E-state index contributed by atoms with van der Waals surface area (Å²) < 4.78 is 0. The highest BCUT2D eigenvalue weighted by molar-refractivity contribution is 6.31. The Morgan fingerprint density at radius 3 is 2.74 bits per heavy atom. The van der Waals surface area contributed by atoms with Crippen molar-refractivity contribution < 1.29 is 9.59 Å². The van der Waals surface area contributed by atoms with Crippen molar-refractivity contribution in [3.8, 4) is 0 Å². The monoisotopic (exact) mass is 382 g/mol. The number of aromatic amines is 1. The highest BCUT2D eigenvalue weighted by Crippen LogP contribution is 2.23. The summed E-state index contributed by atoms with van der Waals surface area (Å²) in [4.78, 5) is 33.8. The molecule has 2 heterocycles. The van der Waals surface area contributed by atoms with Gasteiger partial charge in [0.25, 0.3) is 5.91 Å². The van der Waals surface area contributed by atoms with Crippen molar-refractivity contribution in [1.29, 1.82) is 0 Å². The van der Waals surface area contributed by atoms with E-state index in [9.17, 15) is 9.59 Å². The summed E-state index contributed by atoms with van der Waals surface area (Å²) >= 11 is 5.99. The van der Waals surface area contributed by atoms with Crippen LogP contribution in [-0.2, 0) is 4.79 Å². The number of H-pyrrole nitrogens is 1. The lowest BCUT2D eigenvalue weighted by atomic mass is 10.1. The highest BCUT2D eigenvalue weighted by atomic mass is 35.5. The maximum Gasteiger partial charge on any atom is 0.251 e. The van der Waals surface area contributed by atoms with Gasteiger partial charge in [0.05, 0.1) is 17.1 Å². The van der Waals surface area contributed by atoms with Crippen molar-refractivity contribution in [2.45, 2.75) is 25.8 Å². The number of nitrogens with one attached hydrogen (secondary N) is 2. The standard InChI is InChI=1S/C20H19ClN4O2/c1-12(19-23-16-9-6-14(21)11-17(16)24-19)22-20(27)13-4-7-15(8-5-13)25-10-2-3-18(25)26/h4-9,11-12H,2-3,10H2,1H3,(H,22,27)(H,23,24)/t12-/m0/s1. The molecule has 2 N–H and O–H groups in total. The van der Waals surface area contributed by atoms with E-state index in [1.165, 1.54) is 0 Å². The van der Waals surface area contributed by atoms with Gasteiger partial charge in [-0.05, 0) is 55.8 Å². The van der Waals surface area contributed by atoms with Crippen LogP contribution in [0.1, 0.15) is 42.0 Å². The highest BCUT2D eigenvalue weighted by Gasteiger charge is 2.22. The molecule has 0 aliphatic carbocycles. The Morgan fingerprint density at radius 2 is 2.04 bits per heavy atom. The molecule has 2 aromatic carbocycles. The molecule has 6 nitrogen and oxygen atoms in total. The van der Waals surface area contributed by atoms with E-state index >= 15 is 0 Å². The van der Waals surface area contributed by atoms with Crippen LogP contribution in [0.3, 0.4) is 0 Å². The summed E-state index contributed by atoms with van der Waals surface area (Å²) in [5.74, 6) is 0.603. The summed E-state index contributed by atoms with van der Waals surface area (Å²) in [5, 5.41) is 3.56. The molecule has 1 saturated heterocycles. The molecular formula is C20H19ClN4O2. The average Bonchev–Trinajstić information content (AvgIpc) is 3.27. The predicted molar refractivity (Wildman–Crippen MR) is 105 cm³/mol. The SMILES string of the molecule is C[C@H](NC(=O)c1ccc(N2CCCC2=O)cc1)c1nc2cc(Cl)ccc2[nH]1. The summed E-state index contributed by atoms with van der Waals surface area (Å²) in [6, 6.07) is 12.2. The Bertz CT molecular complexity index is 1010. The van der Waals surface area contributed by atoms with E-state index in [-0.39, 0.29) is 17.9 Å². The molecule has 1 aliphatic rings. The van der Waals surface area contributed by atoms with Crippen molar-refractivity contribution >= 4 is 40.1 Å². The summed E-state index contributed by atoms with van der Waals surface area (Å²) in [6.07, 6.45) is 1.46. The molecule has 0 radical (unpaired) electrons. The van der Waals surface area contributed by atoms with Gasteiger partial charge in [-0.2, -0.15) is 0 Å². The lowest BCUT2D eigenvalue weighted by Crippen LogP contribution is -2.27. The second-order valence-corrected chi connectivity index (χ2v) is 7.11. The molecule has 0 spiro atoms. The van der Waals surface area contributed by atoms with E-state index in [4.69, 9.17) is 11.6 Å². The molecule has 4 rings (SSSR count). The van der Waals surface area contributed by atoms with E-state index in [1.54, 1.807) is 29.2 Å². The first kappa shape index (κ1) is 17.5. The van der Waals surface area contributed by atoms with Crippen LogP contribution in [-0.4, -0.2) is 28.3 Å². The number of carbonyl (C=O) groups excluding carboxylic acids is 2. The fourth-order valence-electron chi connectivity index (χ4n) is 3.27. The first-order valence-electron chi connectivity index (χ1n) is 8.88. The molecule has 0 saturated carbocycles. The van der Waals surface area contributed by atoms with Gasteiger partial charge in [0.15, 0.2) is 0 Å². The lowest BCUT2D eigenvalue weighted by molar-refractivity contribution is -0.117. The zero-order valence-electron chi connectivity index (χ0n) is 14.8. The van der Waals surface area contributed by atoms with Gasteiger partial charge in [0.1, 0.15) is 5.82 Å². The van der Waals surface area contributed by atoms with Crippen LogP contribution >= 0.6 is 11.6 Å². The number of halogens is 1. The van der Waals surface area contributed by atoms with Gasteiger partial charge in [-0.3, -0.25) is 9.59 Å². The zero-order valence-corrected chi connectivity index (χ0v) is 15.6. The molecular weight excluding hydrogens is 364 g/mol. The second-order valence-electron chi connectivity index (χ2n) is 6.67. The van der Waals surface area contributed by atoms with E-state index < -0.39 is 0 Å². The molecule has 27 heavy (non-hydrogen) atoms. The van der Waals surface area contributed by atoms with Crippen molar-refractivity contribution in [3.05, 3.63) is 58.9 Å². The number of amides is 2. The van der Waals surface area contributed by atoms with Crippen LogP contribution in [0, 0.1) is 0 Å². The normalized spacial score (nSPS) is 15.3. The Labute approximate surface area is 161 Å². The minimum atomic E-state index is -0.288. The molecule has 138 valence electrons. The van der Waals surface area contributed by atoms with Gasteiger partial charge >= 0.3 is 0 Å². The number of fused-ring (bicyclic) bond motifs is 1. The molecule has 1 fully saturated rings. The van der Waals surface area contributed by atoms with E-state index in [2.05, 4.69) is 15.3 Å². The predicted octanol–water partition coefficient (Wildman–Crippen LogP) is 3.83. The topological polar surface area (TPSA) is 78.1 Å². The maximum atomic E-state index is 12.5.